The lowest BCUT2D eigenvalue weighted by Gasteiger charge is -2.31. The Hall–Kier alpha value is -1.81. The van der Waals surface area contributed by atoms with E-state index in [1.165, 1.54) is 19.3 Å². The highest BCUT2D eigenvalue weighted by molar-refractivity contribution is 5.93. The third-order valence-corrected chi connectivity index (χ3v) is 4.15. The largest absolute Gasteiger partial charge is 0.508 e. The fraction of sp³-hybridized carbons (Fsp3) is 0.438. The third kappa shape index (κ3) is 2.43. The van der Waals surface area contributed by atoms with Gasteiger partial charge in [0, 0.05) is 30.7 Å². The number of hydrogen-bond acceptors (Lipinski definition) is 4. The molecule has 2 aromatic rings. The Morgan fingerprint density at radius 2 is 2.15 bits per heavy atom. The molecule has 0 radical (unpaired) electrons. The molecule has 1 aromatic carbocycles. The Bertz CT molecular complexity index is 599. The van der Waals surface area contributed by atoms with Gasteiger partial charge in [0.05, 0.1) is 0 Å². The quantitative estimate of drug-likeness (QED) is 0.881. The summed E-state index contributed by atoms with van der Waals surface area (Å²) in [5.74, 6) is 1.24. The van der Waals surface area contributed by atoms with Gasteiger partial charge in [-0.1, -0.05) is 18.9 Å². The molecule has 0 amide bonds. The van der Waals surface area contributed by atoms with E-state index in [0.29, 0.717) is 12.6 Å². The Labute approximate surface area is 119 Å². The first-order valence-electron chi connectivity index (χ1n) is 7.34. The summed E-state index contributed by atoms with van der Waals surface area (Å²) in [4.78, 5) is 6.90. The maximum Gasteiger partial charge on any atom is 0.136 e. The van der Waals surface area contributed by atoms with Crippen molar-refractivity contribution in [1.82, 2.24) is 4.98 Å². The van der Waals surface area contributed by atoms with E-state index < -0.39 is 0 Å². The van der Waals surface area contributed by atoms with E-state index in [0.717, 1.165) is 29.6 Å². The van der Waals surface area contributed by atoms with Crippen molar-refractivity contribution >= 4 is 16.6 Å². The smallest absolute Gasteiger partial charge is 0.136 e. The van der Waals surface area contributed by atoms with E-state index in [4.69, 9.17) is 5.73 Å². The van der Waals surface area contributed by atoms with Crippen LogP contribution in [0.4, 0.5) is 5.82 Å². The van der Waals surface area contributed by atoms with Crippen LogP contribution < -0.4 is 10.6 Å². The first kappa shape index (κ1) is 13.2. The molecular weight excluding hydrogens is 250 g/mol. The van der Waals surface area contributed by atoms with Gasteiger partial charge in [-0.15, -0.1) is 0 Å². The SMILES string of the molecule is NCC1CCCCCN1c1nccc2ccc(O)cc12. The average Bonchev–Trinajstić information content (AvgIpc) is 2.71. The van der Waals surface area contributed by atoms with Gasteiger partial charge in [-0.05, 0) is 36.4 Å². The maximum absolute atomic E-state index is 9.76. The molecule has 0 aliphatic carbocycles. The first-order valence-corrected chi connectivity index (χ1v) is 7.34. The van der Waals surface area contributed by atoms with Crippen LogP contribution in [0, 0.1) is 0 Å². The molecule has 1 saturated heterocycles. The van der Waals surface area contributed by atoms with Crippen molar-refractivity contribution in [3.05, 3.63) is 30.5 Å². The molecule has 1 fully saturated rings. The highest BCUT2D eigenvalue weighted by atomic mass is 16.3. The minimum absolute atomic E-state index is 0.283. The number of pyridine rings is 1. The van der Waals surface area contributed by atoms with Gasteiger partial charge in [0.15, 0.2) is 0 Å². The second kappa shape index (κ2) is 5.67. The lowest BCUT2D eigenvalue weighted by atomic mass is 10.1. The number of nitrogens with two attached hydrogens (primary N) is 1. The molecule has 4 nitrogen and oxygen atoms in total. The predicted octanol–water partition coefficient (Wildman–Crippen LogP) is 2.65. The zero-order valence-electron chi connectivity index (χ0n) is 11.6. The average molecular weight is 271 g/mol. The van der Waals surface area contributed by atoms with Crippen LogP contribution >= 0.6 is 0 Å². The fourth-order valence-corrected chi connectivity index (χ4v) is 3.07. The Morgan fingerprint density at radius 3 is 3.00 bits per heavy atom. The van der Waals surface area contributed by atoms with Gasteiger partial charge in [-0.2, -0.15) is 0 Å². The monoisotopic (exact) mass is 271 g/mol. The Morgan fingerprint density at radius 1 is 1.25 bits per heavy atom. The van der Waals surface area contributed by atoms with Gasteiger partial charge in [-0.3, -0.25) is 0 Å². The lowest BCUT2D eigenvalue weighted by Crippen LogP contribution is -2.40. The van der Waals surface area contributed by atoms with E-state index in [9.17, 15) is 5.11 Å². The van der Waals surface area contributed by atoms with Crippen LogP contribution in [0.5, 0.6) is 5.75 Å². The molecule has 0 bridgehead atoms. The van der Waals surface area contributed by atoms with Gasteiger partial charge in [0.25, 0.3) is 0 Å². The van der Waals surface area contributed by atoms with Gasteiger partial charge in [0.2, 0.25) is 0 Å². The van der Waals surface area contributed by atoms with Crippen LogP contribution in [0.15, 0.2) is 30.5 Å². The van der Waals surface area contributed by atoms with Crippen LogP contribution in [-0.4, -0.2) is 29.2 Å². The number of rotatable bonds is 2. The van der Waals surface area contributed by atoms with Crippen molar-refractivity contribution in [2.75, 3.05) is 18.0 Å². The summed E-state index contributed by atoms with van der Waals surface area (Å²) in [6.07, 6.45) is 6.62. The van der Waals surface area contributed by atoms with Gasteiger partial charge >= 0.3 is 0 Å². The molecule has 106 valence electrons. The fourth-order valence-electron chi connectivity index (χ4n) is 3.07. The van der Waals surface area contributed by atoms with Crippen molar-refractivity contribution in [3.63, 3.8) is 0 Å². The molecule has 20 heavy (non-hydrogen) atoms. The zero-order valence-corrected chi connectivity index (χ0v) is 11.6. The summed E-state index contributed by atoms with van der Waals surface area (Å²) in [5, 5.41) is 11.9. The first-order chi connectivity index (χ1) is 9.79. The molecule has 4 heteroatoms. The van der Waals surface area contributed by atoms with Crippen molar-refractivity contribution in [2.24, 2.45) is 5.73 Å². The number of hydrogen-bond donors (Lipinski definition) is 2. The molecule has 1 aliphatic heterocycles. The minimum atomic E-state index is 0.283. The van der Waals surface area contributed by atoms with E-state index in [-0.39, 0.29) is 5.75 Å². The van der Waals surface area contributed by atoms with Crippen molar-refractivity contribution in [3.8, 4) is 5.75 Å². The minimum Gasteiger partial charge on any atom is -0.508 e. The van der Waals surface area contributed by atoms with Gasteiger partial charge in [0.1, 0.15) is 11.6 Å². The van der Waals surface area contributed by atoms with Crippen LogP contribution in [0.25, 0.3) is 10.8 Å². The highest BCUT2D eigenvalue weighted by Gasteiger charge is 2.22. The Balaban J connectivity index is 2.09. The number of phenols is 1. The van der Waals surface area contributed by atoms with Crippen molar-refractivity contribution in [1.29, 1.82) is 0 Å². The summed E-state index contributed by atoms with van der Waals surface area (Å²) >= 11 is 0. The lowest BCUT2D eigenvalue weighted by molar-refractivity contribution is 0.476. The topological polar surface area (TPSA) is 62.4 Å². The molecule has 2 heterocycles. The van der Waals surface area contributed by atoms with Crippen molar-refractivity contribution < 1.29 is 5.11 Å². The molecular formula is C16H21N3O. The molecule has 1 unspecified atom stereocenters. The highest BCUT2D eigenvalue weighted by Crippen LogP contribution is 2.31. The van der Waals surface area contributed by atoms with E-state index in [1.54, 1.807) is 12.1 Å². The summed E-state index contributed by atoms with van der Waals surface area (Å²) < 4.78 is 0. The number of phenolic OH excluding ortho intramolecular Hbond substituents is 1. The number of aromatic nitrogens is 1. The molecule has 3 rings (SSSR count). The number of benzene rings is 1. The number of aromatic hydroxyl groups is 1. The molecule has 3 N–H and O–H groups in total. The third-order valence-electron chi connectivity index (χ3n) is 4.15. The summed E-state index contributed by atoms with van der Waals surface area (Å²) in [7, 11) is 0. The molecule has 1 atom stereocenters. The number of nitrogens with zero attached hydrogens (tertiary/aromatic N) is 2. The van der Waals surface area contributed by atoms with Crippen LogP contribution in [0.1, 0.15) is 25.7 Å². The Kier molecular flexibility index (Phi) is 3.74. The molecule has 1 aromatic heterocycles. The molecule has 1 aliphatic rings. The van der Waals surface area contributed by atoms with Crippen LogP contribution in [-0.2, 0) is 0 Å². The van der Waals surface area contributed by atoms with Gasteiger partial charge < -0.3 is 15.7 Å². The maximum atomic E-state index is 9.76. The normalized spacial score (nSPS) is 20.1. The standard InChI is InChI=1S/C16H21N3O/c17-11-13-4-2-1-3-9-19(13)16-15-10-14(20)6-5-12(15)7-8-18-16/h5-8,10,13,20H,1-4,9,11,17H2. The van der Waals surface area contributed by atoms with E-state index in [2.05, 4.69) is 9.88 Å². The van der Waals surface area contributed by atoms with E-state index in [1.807, 2.05) is 18.3 Å². The molecule has 0 saturated carbocycles. The second-order valence-corrected chi connectivity index (χ2v) is 5.47. The summed E-state index contributed by atoms with van der Waals surface area (Å²) in [5.41, 5.74) is 5.96. The summed E-state index contributed by atoms with van der Waals surface area (Å²) in [6, 6.07) is 7.78. The van der Waals surface area contributed by atoms with Gasteiger partial charge in [-0.25, -0.2) is 4.98 Å². The molecule has 0 spiro atoms. The van der Waals surface area contributed by atoms with Crippen LogP contribution in [0.2, 0.25) is 0 Å². The number of anilines is 1. The zero-order chi connectivity index (χ0) is 13.9. The number of fused-ring (bicyclic) bond motifs is 1. The van der Waals surface area contributed by atoms with Crippen molar-refractivity contribution in [2.45, 2.75) is 31.7 Å². The predicted molar refractivity (Wildman–Crippen MR) is 82.1 cm³/mol. The van der Waals surface area contributed by atoms with Crippen LogP contribution in [0.3, 0.4) is 0 Å². The summed E-state index contributed by atoms with van der Waals surface area (Å²) in [6.45, 7) is 1.64. The van der Waals surface area contributed by atoms with E-state index >= 15 is 0 Å². The second-order valence-electron chi connectivity index (χ2n) is 5.47.